The molecule has 0 aliphatic rings. The zero-order valence-corrected chi connectivity index (χ0v) is 8.71. The molecular formula is C8H7O7P. The summed E-state index contributed by atoms with van der Waals surface area (Å²) < 4.78 is 14.8. The van der Waals surface area contributed by atoms with Crippen molar-refractivity contribution in [2.45, 2.75) is 0 Å². The molecule has 0 saturated carbocycles. The van der Waals surface area contributed by atoms with Crippen molar-refractivity contribution in [2.24, 2.45) is 0 Å². The van der Waals surface area contributed by atoms with Gasteiger partial charge in [0.2, 0.25) is 0 Å². The van der Waals surface area contributed by atoms with E-state index in [2.05, 4.69) is 4.52 Å². The van der Waals surface area contributed by atoms with Crippen LogP contribution in [-0.2, 0) is 4.57 Å². The third kappa shape index (κ3) is 2.59. The molecule has 1 aromatic carbocycles. The number of hydrogen-bond acceptors (Lipinski definition) is 4. The van der Waals surface area contributed by atoms with Crippen molar-refractivity contribution in [1.82, 2.24) is 0 Å². The number of hydrogen-bond donors (Lipinski definition) is 3. The molecule has 0 heterocycles. The topological polar surface area (TPSA) is 121 Å². The van der Waals surface area contributed by atoms with E-state index in [0.29, 0.717) is 0 Å². The van der Waals surface area contributed by atoms with Crippen LogP contribution in [0, 0.1) is 0 Å². The quantitative estimate of drug-likeness (QED) is 0.673. The minimum Gasteiger partial charge on any atom is -0.478 e. The van der Waals surface area contributed by atoms with Gasteiger partial charge in [0.05, 0.1) is 5.56 Å². The smallest absolute Gasteiger partial charge is 0.365 e. The number of carbonyl (C=O) groups is 2. The van der Waals surface area contributed by atoms with Crippen molar-refractivity contribution in [3.05, 3.63) is 29.3 Å². The van der Waals surface area contributed by atoms with E-state index >= 15 is 0 Å². The lowest BCUT2D eigenvalue weighted by atomic mass is 10.1. The van der Waals surface area contributed by atoms with Crippen molar-refractivity contribution < 1.29 is 33.8 Å². The van der Waals surface area contributed by atoms with Crippen LogP contribution in [-0.4, -0.2) is 27.0 Å². The Bertz CT molecular complexity index is 467. The van der Waals surface area contributed by atoms with Gasteiger partial charge in [-0.15, -0.1) is 0 Å². The van der Waals surface area contributed by atoms with Crippen LogP contribution in [0.4, 0.5) is 0 Å². The first-order chi connectivity index (χ1) is 7.43. The Balaban J connectivity index is 3.38. The van der Waals surface area contributed by atoms with E-state index < -0.39 is 37.1 Å². The van der Waals surface area contributed by atoms with Crippen LogP contribution >= 0.6 is 8.25 Å². The Morgan fingerprint density at radius 1 is 1.19 bits per heavy atom. The average Bonchev–Trinajstić information content (AvgIpc) is 2.15. The van der Waals surface area contributed by atoms with E-state index in [9.17, 15) is 14.2 Å². The van der Waals surface area contributed by atoms with Gasteiger partial charge in [-0.2, -0.15) is 0 Å². The molecule has 16 heavy (non-hydrogen) atoms. The molecule has 3 N–H and O–H groups in total. The summed E-state index contributed by atoms with van der Waals surface area (Å²) in [7, 11) is -3.39. The van der Waals surface area contributed by atoms with E-state index in [1.165, 1.54) is 6.07 Å². The lowest BCUT2D eigenvalue weighted by Gasteiger charge is -2.07. The molecule has 86 valence electrons. The molecule has 7 nitrogen and oxygen atoms in total. The second kappa shape index (κ2) is 4.78. The van der Waals surface area contributed by atoms with Crippen LogP contribution < -0.4 is 4.52 Å². The van der Waals surface area contributed by atoms with Gasteiger partial charge in [-0.25, -0.2) is 14.2 Å². The van der Waals surface area contributed by atoms with Crippen LogP contribution in [0.2, 0.25) is 0 Å². The second-order valence-electron chi connectivity index (χ2n) is 2.66. The van der Waals surface area contributed by atoms with E-state index in [-0.39, 0.29) is 0 Å². The van der Waals surface area contributed by atoms with Crippen LogP contribution in [0.5, 0.6) is 5.75 Å². The first kappa shape index (κ1) is 12.2. The maximum absolute atomic E-state index is 10.8. The monoisotopic (exact) mass is 246 g/mol. The molecule has 1 aromatic rings. The lowest BCUT2D eigenvalue weighted by Crippen LogP contribution is -2.09. The summed E-state index contributed by atoms with van der Waals surface area (Å²) in [6.45, 7) is 0. The predicted molar refractivity (Wildman–Crippen MR) is 52.2 cm³/mol. The number of benzene rings is 1. The fourth-order valence-electron chi connectivity index (χ4n) is 1.11. The molecule has 1 unspecified atom stereocenters. The van der Waals surface area contributed by atoms with Crippen LogP contribution in [0.15, 0.2) is 18.2 Å². The zero-order valence-electron chi connectivity index (χ0n) is 7.71. The van der Waals surface area contributed by atoms with Gasteiger partial charge >= 0.3 is 20.2 Å². The number of carboxylic acids is 2. The minimum absolute atomic E-state index is 0.446. The fourth-order valence-corrected chi connectivity index (χ4v) is 1.47. The van der Waals surface area contributed by atoms with Crippen molar-refractivity contribution >= 4 is 20.2 Å². The van der Waals surface area contributed by atoms with E-state index in [0.717, 1.165) is 12.1 Å². The van der Waals surface area contributed by atoms with Gasteiger partial charge in [-0.3, -0.25) is 0 Å². The summed E-state index contributed by atoms with van der Waals surface area (Å²) in [5.41, 5.74) is -1.16. The Morgan fingerprint density at radius 3 is 2.25 bits per heavy atom. The normalized spacial score (nSPS) is 11.8. The van der Waals surface area contributed by atoms with E-state index in [1.807, 2.05) is 0 Å². The number of carboxylic acid groups (broad SMARTS) is 2. The molecule has 0 radical (unpaired) electrons. The Labute approximate surface area is 89.9 Å². The number of aromatic carboxylic acids is 2. The predicted octanol–water partition coefficient (Wildman–Crippen LogP) is 0.844. The third-order valence-corrected chi connectivity index (χ3v) is 2.06. The molecule has 8 heteroatoms. The molecule has 0 saturated heterocycles. The molecule has 0 amide bonds. The first-order valence-electron chi connectivity index (χ1n) is 3.94. The van der Waals surface area contributed by atoms with E-state index in [4.69, 9.17) is 15.1 Å². The largest absolute Gasteiger partial charge is 0.478 e. The van der Waals surface area contributed by atoms with Crippen LogP contribution in [0.25, 0.3) is 0 Å². The summed E-state index contributed by atoms with van der Waals surface area (Å²) in [5.74, 6) is -3.45. The highest BCUT2D eigenvalue weighted by atomic mass is 31.1. The van der Waals surface area contributed by atoms with Crippen molar-refractivity contribution in [1.29, 1.82) is 0 Å². The van der Waals surface area contributed by atoms with Gasteiger partial charge in [-0.1, -0.05) is 6.07 Å². The third-order valence-electron chi connectivity index (χ3n) is 1.67. The van der Waals surface area contributed by atoms with Crippen molar-refractivity contribution in [3.8, 4) is 5.75 Å². The Hall–Kier alpha value is -1.85. The summed E-state index contributed by atoms with van der Waals surface area (Å²) in [4.78, 5) is 30.1. The highest BCUT2D eigenvalue weighted by Gasteiger charge is 2.21. The highest BCUT2D eigenvalue weighted by Crippen LogP contribution is 2.29. The molecule has 0 aromatic heterocycles. The van der Waals surface area contributed by atoms with Gasteiger partial charge in [0, 0.05) is 0 Å². The van der Waals surface area contributed by atoms with Crippen LogP contribution in [0.3, 0.4) is 0 Å². The van der Waals surface area contributed by atoms with Crippen molar-refractivity contribution in [3.63, 3.8) is 0 Å². The average molecular weight is 246 g/mol. The fraction of sp³-hybridized carbons (Fsp3) is 0. The Morgan fingerprint density at radius 2 is 1.81 bits per heavy atom. The van der Waals surface area contributed by atoms with Gasteiger partial charge in [0.1, 0.15) is 11.3 Å². The van der Waals surface area contributed by atoms with Crippen LogP contribution in [0.1, 0.15) is 20.7 Å². The summed E-state index contributed by atoms with van der Waals surface area (Å²) in [5, 5.41) is 17.5. The lowest BCUT2D eigenvalue weighted by molar-refractivity contribution is 0.0649. The van der Waals surface area contributed by atoms with E-state index in [1.54, 1.807) is 0 Å². The molecule has 0 aliphatic heterocycles. The highest BCUT2D eigenvalue weighted by molar-refractivity contribution is 7.32. The van der Waals surface area contributed by atoms with Crippen molar-refractivity contribution in [2.75, 3.05) is 0 Å². The summed E-state index contributed by atoms with van der Waals surface area (Å²) >= 11 is 0. The Kier molecular flexibility index (Phi) is 3.65. The summed E-state index contributed by atoms with van der Waals surface area (Å²) in [6.07, 6.45) is 0. The molecule has 0 fully saturated rings. The molecule has 0 bridgehead atoms. The van der Waals surface area contributed by atoms with Gasteiger partial charge in [0.25, 0.3) is 0 Å². The molecular weight excluding hydrogens is 239 g/mol. The standard InChI is InChI=1S/C8H7O7P/c9-7(10)4-2-1-3-5(15-16(13)14)6(4)8(11)12/h1-3,16H,(H,9,10)(H,11,12)(H,13,14). The van der Waals surface area contributed by atoms with Gasteiger partial charge in [-0.05, 0) is 12.1 Å². The molecule has 1 atom stereocenters. The zero-order chi connectivity index (χ0) is 12.3. The van der Waals surface area contributed by atoms with Gasteiger partial charge < -0.3 is 19.6 Å². The number of rotatable bonds is 4. The SMILES string of the molecule is O=C(O)c1cccc(O[PH](=O)O)c1C(=O)O. The summed E-state index contributed by atoms with van der Waals surface area (Å²) in [6, 6.07) is 3.39. The maximum atomic E-state index is 10.8. The van der Waals surface area contributed by atoms with Gasteiger partial charge in [0.15, 0.2) is 0 Å². The molecule has 1 rings (SSSR count). The first-order valence-corrected chi connectivity index (χ1v) is 5.20. The molecule has 0 aliphatic carbocycles. The maximum Gasteiger partial charge on any atom is 0.365 e. The second-order valence-corrected chi connectivity index (χ2v) is 3.39. The molecule has 0 spiro atoms. The minimum atomic E-state index is -3.39.